The number of amides is 1. The topological polar surface area (TPSA) is 70.2 Å². The summed E-state index contributed by atoms with van der Waals surface area (Å²) >= 11 is 0. The maximum Gasteiger partial charge on any atom is 0.281 e. The van der Waals surface area contributed by atoms with Gasteiger partial charge in [-0.2, -0.15) is 17.0 Å². The van der Waals surface area contributed by atoms with Gasteiger partial charge in [-0.3, -0.25) is 4.79 Å². The van der Waals surface area contributed by atoms with Crippen molar-refractivity contribution in [1.29, 1.82) is 0 Å². The standard InChI is InChI=1S/C9H19N3O4S/c1-10(2)17(14,15)11(3)8-9(13)12-4-6-16-7-5-12/h4-8H2,1-3H3. The fourth-order valence-electron chi connectivity index (χ4n) is 1.46. The van der Waals surface area contributed by atoms with Crippen molar-refractivity contribution >= 4 is 16.1 Å². The van der Waals surface area contributed by atoms with Crippen LogP contribution in [0.15, 0.2) is 0 Å². The molecule has 1 saturated heterocycles. The maximum atomic E-state index is 11.8. The molecule has 1 aliphatic heterocycles. The first-order valence-electron chi connectivity index (χ1n) is 5.35. The Kier molecular flexibility index (Phi) is 4.87. The molecule has 1 amide bonds. The monoisotopic (exact) mass is 265 g/mol. The van der Waals surface area contributed by atoms with E-state index in [-0.39, 0.29) is 12.5 Å². The molecule has 0 unspecified atom stereocenters. The van der Waals surface area contributed by atoms with E-state index in [4.69, 9.17) is 4.74 Å². The van der Waals surface area contributed by atoms with Gasteiger partial charge in [0.1, 0.15) is 0 Å². The smallest absolute Gasteiger partial charge is 0.281 e. The minimum atomic E-state index is -3.52. The second kappa shape index (κ2) is 5.76. The summed E-state index contributed by atoms with van der Waals surface area (Å²) in [5.74, 6) is -0.193. The Bertz CT molecular complexity index is 362. The average Bonchev–Trinajstić information content (AvgIpc) is 2.29. The molecule has 0 aliphatic carbocycles. The van der Waals surface area contributed by atoms with Crippen molar-refractivity contribution in [2.75, 3.05) is 54.0 Å². The second-order valence-corrected chi connectivity index (χ2v) is 6.29. The Morgan fingerprint density at radius 1 is 1.24 bits per heavy atom. The lowest BCUT2D eigenvalue weighted by Gasteiger charge is -2.29. The summed E-state index contributed by atoms with van der Waals surface area (Å²) in [6.07, 6.45) is 0. The summed E-state index contributed by atoms with van der Waals surface area (Å²) in [7, 11) is 0.745. The highest BCUT2D eigenvalue weighted by molar-refractivity contribution is 7.86. The van der Waals surface area contributed by atoms with Crippen LogP contribution in [-0.2, 0) is 19.7 Å². The minimum Gasteiger partial charge on any atom is -0.378 e. The maximum absolute atomic E-state index is 11.8. The molecule has 0 N–H and O–H groups in total. The second-order valence-electron chi connectivity index (χ2n) is 4.04. The molecule has 0 atom stereocenters. The molecule has 1 aliphatic rings. The summed E-state index contributed by atoms with van der Waals surface area (Å²) in [5, 5.41) is 0. The summed E-state index contributed by atoms with van der Waals surface area (Å²) in [6, 6.07) is 0. The van der Waals surface area contributed by atoms with Crippen LogP contribution in [0.1, 0.15) is 0 Å². The number of carbonyl (C=O) groups excluding carboxylic acids is 1. The number of likely N-dealkylation sites (N-methyl/N-ethyl adjacent to an activating group) is 1. The number of hydrogen-bond donors (Lipinski definition) is 0. The predicted molar refractivity (Wildman–Crippen MR) is 62.6 cm³/mol. The van der Waals surface area contributed by atoms with Gasteiger partial charge >= 0.3 is 0 Å². The van der Waals surface area contributed by atoms with Gasteiger partial charge in [0.05, 0.1) is 19.8 Å². The average molecular weight is 265 g/mol. The lowest BCUT2D eigenvalue weighted by Crippen LogP contribution is -2.47. The molecule has 0 saturated carbocycles. The molecule has 0 aromatic rings. The molecule has 7 nitrogen and oxygen atoms in total. The van der Waals surface area contributed by atoms with E-state index in [9.17, 15) is 13.2 Å². The lowest BCUT2D eigenvalue weighted by molar-refractivity contribution is -0.135. The number of morpholine rings is 1. The van der Waals surface area contributed by atoms with Crippen molar-refractivity contribution in [3.63, 3.8) is 0 Å². The molecule has 100 valence electrons. The Morgan fingerprint density at radius 2 is 1.76 bits per heavy atom. The predicted octanol–water partition coefficient (Wildman–Crippen LogP) is -1.42. The molecule has 1 heterocycles. The quantitative estimate of drug-likeness (QED) is 0.626. The van der Waals surface area contributed by atoms with Crippen LogP contribution in [0.2, 0.25) is 0 Å². The van der Waals surface area contributed by atoms with Crippen molar-refractivity contribution in [3.05, 3.63) is 0 Å². The summed E-state index contributed by atoms with van der Waals surface area (Å²) in [4.78, 5) is 13.4. The van der Waals surface area contributed by atoms with Gasteiger partial charge in [0, 0.05) is 34.2 Å². The van der Waals surface area contributed by atoms with Gasteiger partial charge in [-0.05, 0) is 0 Å². The van der Waals surface area contributed by atoms with Crippen LogP contribution < -0.4 is 0 Å². The zero-order valence-corrected chi connectivity index (χ0v) is 11.2. The Balaban J connectivity index is 2.56. The molecule has 0 bridgehead atoms. The van der Waals surface area contributed by atoms with Crippen LogP contribution in [0.3, 0.4) is 0 Å². The van der Waals surface area contributed by atoms with Crippen LogP contribution in [0.4, 0.5) is 0 Å². The Hall–Kier alpha value is -0.700. The van der Waals surface area contributed by atoms with Crippen molar-refractivity contribution in [3.8, 4) is 0 Å². The van der Waals surface area contributed by atoms with E-state index >= 15 is 0 Å². The summed E-state index contributed by atoms with van der Waals surface area (Å²) in [6.45, 7) is 1.93. The highest BCUT2D eigenvalue weighted by atomic mass is 32.2. The summed E-state index contributed by atoms with van der Waals surface area (Å²) in [5.41, 5.74) is 0. The molecule has 0 spiro atoms. The normalized spacial score (nSPS) is 17.8. The fraction of sp³-hybridized carbons (Fsp3) is 0.889. The molecule has 0 aromatic heterocycles. The molecule has 8 heteroatoms. The van der Waals surface area contributed by atoms with Crippen LogP contribution in [0.25, 0.3) is 0 Å². The van der Waals surface area contributed by atoms with Crippen LogP contribution in [-0.4, -0.2) is 81.8 Å². The number of rotatable bonds is 4. The third-order valence-corrected chi connectivity index (χ3v) is 4.42. The summed E-state index contributed by atoms with van der Waals surface area (Å²) < 4.78 is 30.7. The zero-order chi connectivity index (χ0) is 13.1. The van der Waals surface area contributed by atoms with E-state index < -0.39 is 10.2 Å². The SMILES string of the molecule is CN(C)S(=O)(=O)N(C)CC(=O)N1CCOCC1. The molecule has 0 radical (unpaired) electrons. The van der Waals surface area contributed by atoms with Gasteiger partial charge in [-0.25, -0.2) is 0 Å². The Labute approximate surface area is 102 Å². The van der Waals surface area contributed by atoms with Gasteiger partial charge in [0.15, 0.2) is 0 Å². The van der Waals surface area contributed by atoms with Crippen LogP contribution >= 0.6 is 0 Å². The largest absolute Gasteiger partial charge is 0.378 e. The van der Waals surface area contributed by atoms with Gasteiger partial charge in [0.2, 0.25) is 5.91 Å². The Morgan fingerprint density at radius 3 is 2.24 bits per heavy atom. The van der Waals surface area contributed by atoms with Crippen LogP contribution in [0, 0.1) is 0 Å². The number of nitrogens with zero attached hydrogens (tertiary/aromatic N) is 3. The zero-order valence-electron chi connectivity index (χ0n) is 10.4. The highest BCUT2D eigenvalue weighted by Crippen LogP contribution is 2.04. The van der Waals surface area contributed by atoms with Crippen molar-refractivity contribution in [2.45, 2.75) is 0 Å². The van der Waals surface area contributed by atoms with E-state index in [1.165, 1.54) is 21.1 Å². The lowest BCUT2D eigenvalue weighted by atomic mass is 10.4. The van der Waals surface area contributed by atoms with E-state index in [1.807, 2.05) is 0 Å². The van der Waals surface area contributed by atoms with Gasteiger partial charge in [0.25, 0.3) is 10.2 Å². The number of ether oxygens (including phenoxy) is 1. The minimum absolute atomic E-state index is 0.138. The molecule has 17 heavy (non-hydrogen) atoms. The van der Waals surface area contributed by atoms with E-state index in [1.54, 1.807) is 4.90 Å². The molecular formula is C9H19N3O4S. The molecule has 1 fully saturated rings. The fourth-order valence-corrected chi connectivity index (χ4v) is 2.29. The molecule has 0 aromatic carbocycles. The third kappa shape index (κ3) is 3.63. The van der Waals surface area contributed by atoms with E-state index in [0.717, 1.165) is 8.61 Å². The van der Waals surface area contributed by atoms with E-state index in [0.29, 0.717) is 26.3 Å². The highest BCUT2D eigenvalue weighted by Gasteiger charge is 2.25. The van der Waals surface area contributed by atoms with Gasteiger partial charge in [-0.15, -0.1) is 0 Å². The van der Waals surface area contributed by atoms with Crippen molar-refractivity contribution < 1.29 is 17.9 Å². The first-order chi connectivity index (χ1) is 7.85. The van der Waals surface area contributed by atoms with Gasteiger partial charge < -0.3 is 9.64 Å². The number of hydrogen-bond acceptors (Lipinski definition) is 4. The molecular weight excluding hydrogens is 246 g/mol. The number of carbonyl (C=O) groups is 1. The third-order valence-electron chi connectivity index (χ3n) is 2.58. The van der Waals surface area contributed by atoms with Crippen molar-refractivity contribution in [2.24, 2.45) is 0 Å². The molecule has 1 rings (SSSR count). The first kappa shape index (κ1) is 14.4. The van der Waals surface area contributed by atoms with Crippen LogP contribution in [0.5, 0.6) is 0 Å². The van der Waals surface area contributed by atoms with Gasteiger partial charge in [-0.1, -0.05) is 0 Å². The van der Waals surface area contributed by atoms with Crippen molar-refractivity contribution in [1.82, 2.24) is 13.5 Å². The van der Waals surface area contributed by atoms with E-state index in [2.05, 4.69) is 0 Å². The first-order valence-corrected chi connectivity index (χ1v) is 6.74.